The van der Waals surface area contributed by atoms with Crippen LogP contribution in [0.4, 0.5) is 19.0 Å². The average molecular weight is 620 g/mol. The molecule has 3 aliphatic rings. The summed E-state index contributed by atoms with van der Waals surface area (Å²) >= 11 is 1.39. The normalized spacial score (nSPS) is 21.7. The number of carboxylic acids is 1. The first-order chi connectivity index (χ1) is 20.5. The van der Waals surface area contributed by atoms with Gasteiger partial charge < -0.3 is 20.6 Å². The predicted octanol–water partition coefficient (Wildman–Crippen LogP) is 3.60. The molecule has 2 aromatic rings. The van der Waals surface area contributed by atoms with Gasteiger partial charge in [0.1, 0.15) is 11.5 Å². The van der Waals surface area contributed by atoms with Gasteiger partial charge >= 0.3 is 12.1 Å². The van der Waals surface area contributed by atoms with Gasteiger partial charge in [-0.2, -0.15) is 13.2 Å². The SMILES string of the molecule is Cc1cc(C2=C(CN3CCCC3C)SC(NC(=O)c3cnc(N4CCN(CCC(=O)O)CC4)cn3)N2)cc(C(F)(F)F)c1. The fourth-order valence-corrected chi connectivity index (χ4v) is 6.78. The molecular formula is C29H36F3N7O3S. The van der Waals surface area contributed by atoms with Crippen molar-refractivity contribution in [1.82, 2.24) is 30.4 Å². The summed E-state index contributed by atoms with van der Waals surface area (Å²) in [6.07, 6.45) is 0.736. The molecule has 4 heterocycles. The molecule has 5 rings (SSSR count). The van der Waals surface area contributed by atoms with Crippen LogP contribution in [-0.4, -0.2) is 94.1 Å². The quantitative estimate of drug-likeness (QED) is 0.385. The Hall–Kier alpha value is -3.36. The number of nitrogens with one attached hydrogen (secondary N) is 2. The number of aromatic nitrogens is 2. The molecule has 232 valence electrons. The lowest BCUT2D eigenvalue weighted by atomic mass is 10.0. The maximum Gasteiger partial charge on any atom is 0.416 e. The van der Waals surface area contributed by atoms with Crippen LogP contribution in [0.2, 0.25) is 0 Å². The van der Waals surface area contributed by atoms with E-state index in [1.54, 1.807) is 19.2 Å². The summed E-state index contributed by atoms with van der Waals surface area (Å²) in [5.74, 6) is -0.630. The number of anilines is 1. The largest absolute Gasteiger partial charge is 0.481 e. The highest BCUT2D eigenvalue weighted by Crippen LogP contribution is 2.39. The van der Waals surface area contributed by atoms with Crippen LogP contribution in [0, 0.1) is 6.92 Å². The molecule has 3 aliphatic heterocycles. The Morgan fingerprint density at radius 1 is 1.12 bits per heavy atom. The fourth-order valence-electron chi connectivity index (χ4n) is 5.62. The second kappa shape index (κ2) is 13.1. The summed E-state index contributed by atoms with van der Waals surface area (Å²) in [6, 6.07) is 4.39. The first kappa shape index (κ1) is 31.1. The van der Waals surface area contributed by atoms with Gasteiger partial charge in [0, 0.05) is 50.2 Å². The number of amides is 1. The van der Waals surface area contributed by atoms with Crippen LogP contribution in [0.25, 0.3) is 5.70 Å². The smallest absolute Gasteiger partial charge is 0.416 e. The molecule has 1 aromatic heterocycles. The van der Waals surface area contributed by atoms with Crippen molar-refractivity contribution in [1.29, 1.82) is 0 Å². The molecule has 1 amide bonds. The van der Waals surface area contributed by atoms with Crippen molar-refractivity contribution in [2.45, 2.75) is 50.8 Å². The topological polar surface area (TPSA) is 114 Å². The van der Waals surface area contributed by atoms with Crippen molar-refractivity contribution in [2.75, 3.05) is 50.7 Å². The van der Waals surface area contributed by atoms with Crippen LogP contribution in [0.1, 0.15) is 53.4 Å². The van der Waals surface area contributed by atoms with E-state index in [0.717, 1.165) is 36.4 Å². The molecular weight excluding hydrogens is 583 g/mol. The number of carboxylic acid groups (broad SMARTS) is 1. The van der Waals surface area contributed by atoms with Crippen molar-refractivity contribution in [2.24, 2.45) is 0 Å². The van der Waals surface area contributed by atoms with E-state index in [0.29, 0.717) is 68.0 Å². The lowest BCUT2D eigenvalue weighted by Gasteiger charge is -2.34. The van der Waals surface area contributed by atoms with Gasteiger partial charge in [-0.05, 0) is 62.6 Å². The lowest BCUT2D eigenvalue weighted by molar-refractivity contribution is -0.138. The Bertz CT molecular complexity index is 1360. The standard InChI is InChI=1S/C29H36F3N7O3S/c1-18-12-20(14-21(13-18)29(30,31)32)26-23(17-39-6-3-4-19(39)2)43-28(35-26)36-27(42)22-15-34-24(16-33-22)38-10-8-37(9-11-38)7-5-25(40)41/h12-16,19,28,35H,3-11,17H2,1-2H3,(H,36,42)(H,40,41). The molecule has 0 radical (unpaired) electrons. The van der Waals surface area contributed by atoms with E-state index in [9.17, 15) is 22.8 Å². The highest BCUT2D eigenvalue weighted by atomic mass is 32.2. The van der Waals surface area contributed by atoms with Crippen molar-refractivity contribution in [3.63, 3.8) is 0 Å². The number of aryl methyl sites for hydroxylation is 1. The molecule has 0 bridgehead atoms. The zero-order chi connectivity index (χ0) is 30.7. The third-order valence-electron chi connectivity index (χ3n) is 8.02. The summed E-state index contributed by atoms with van der Waals surface area (Å²) in [5.41, 5.74) is 0.357. The number of likely N-dealkylation sites (tertiary alicyclic amines) is 1. The molecule has 2 fully saturated rings. The van der Waals surface area contributed by atoms with Gasteiger partial charge in [0.25, 0.3) is 5.91 Å². The van der Waals surface area contributed by atoms with Gasteiger partial charge in [-0.3, -0.25) is 19.4 Å². The molecule has 0 saturated carbocycles. The number of benzene rings is 1. The number of hydrogen-bond donors (Lipinski definition) is 3. The molecule has 10 nitrogen and oxygen atoms in total. The van der Waals surface area contributed by atoms with Gasteiger partial charge in [-0.15, -0.1) is 0 Å². The Balaban J connectivity index is 1.25. The molecule has 0 spiro atoms. The maximum atomic E-state index is 13.6. The van der Waals surface area contributed by atoms with Gasteiger partial charge in [-0.25, -0.2) is 9.97 Å². The van der Waals surface area contributed by atoms with Crippen molar-refractivity contribution >= 4 is 35.2 Å². The molecule has 3 N–H and O–H groups in total. The van der Waals surface area contributed by atoms with Gasteiger partial charge in [-0.1, -0.05) is 11.8 Å². The minimum Gasteiger partial charge on any atom is -0.481 e. The molecule has 1 aromatic carbocycles. The first-order valence-electron chi connectivity index (χ1n) is 14.4. The van der Waals surface area contributed by atoms with Gasteiger partial charge in [0.2, 0.25) is 0 Å². The Kier molecular flexibility index (Phi) is 9.47. The number of piperazine rings is 1. The zero-order valence-corrected chi connectivity index (χ0v) is 25.0. The van der Waals surface area contributed by atoms with E-state index in [1.165, 1.54) is 18.0 Å². The number of thioether (sulfide) groups is 1. The third-order valence-corrected chi connectivity index (χ3v) is 9.11. The van der Waals surface area contributed by atoms with Crippen LogP contribution in [0.5, 0.6) is 0 Å². The van der Waals surface area contributed by atoms with Crippen LogP contribution >= 0.6 is 11.8 Å². The molecule has 2 unspecified atom stereocenters. The predicted molar refractivity (Wildman–Crippen MR) is 158 cm³/mol. The van der Waals surface area contributed by atoms with E-state index in [-0.39, 0.29) is 12.1 Å². The lowest BCUT2D eigenvalue weighted by Crippen LogP contribution is -2.47. The zero-order valence-electron chi connectivity index (χ0n) is 24.2. The number of carbonyl (C=O) groups is 2. The third kappa shape index (κ3) is 7.78. The summed E-state index contributed by atoms with van der Waals surface area (Å²) in [6.45, 7) is 8.55. The molecule has 43 heavy (non-hydrogen) atoms. The van der Waals surface area contributed by atoms with Crippen molar-refractivity contribution in [3.8, 4) is 0 Å². The van der Waals surface area contributed by atoms with E-state index >= 15 is 0 Å². The highest BCUT2D eigenvalue weighted by Gasteiger charge is 2.34. The summed E-state index contributed by atoms with van der Waals surface area (Å²) in [4.78, 5) is 40.0. The minimum absolute atomic E-state index is 0.104. The average Bonchev–Trinajstić information content (AvgIpc) is 3.56. The highest BCUT2D eigenvalue weighted by molar-refractivity contribution is 8.04. The van der Waals surface area contributed by atoms with Crippen LogP contribution in [0.3, 0.4) is 0 Å². The number of halogens is 3. The summed E-state index contributed by atoms with van der Waals surface area (Å²) < 4.78 is 40.9. The number of hydrogen-bond acceptors (Lipinski definition) is 9. The second-order valence-corrected chi connectivity index (χ2v) is 12.4. The van der Waals surface area contributed by atoms with E-state index in [4.69, 9.17) is 5.11 Å². The number of nitrogens with zero attached hydrogens (tertiary/aromatic N) is 5. The van der Waals surface area contributed by atoms with Crippen LogP contribution in [0.15, 0.2) is 35.5 Å². The van der Waals surface area contributed by atoms with E-state index < -0.39 is 29.1 Å². The Morgan fingerprint density at radius 2 is 1.88 bits per heavy atom. The van der Waals surface area contributed by atoms with Gasteiger partial charge in [0.15, 0.2) is 5.50 Å². The maximum absolute atomic E-state index is 13.6. The molecule has 14 heteroatoms. The van der Waals surface area contributed by atoms with Gasteiger partial charge in [0.05, 0.1) is 30.1 Å². The van der Waals surface area contributed by atoms with E-state index in [1.807, 2.05) is 4.90 Å². The number of rotatable bonds is 9. The molecule has 2 saturated heterocycles. The number of alkyl halides is 3. The first-order valence-corrected chi connectivity index (χ1v) is 15.3. The Morgan fingerprint density at radius 3 is 2.51 bits per heavy atom. The monoisotopic (exact) mass is 619 g/mol. The Labute approximate surface area is 252 Å². The fraction of sp³-hybridized carbons (Fsp3) is 0.517. The number of aliphatic carboxylic acids is 1. The second-order valence-electron chi connectivity index (χ2n) is 11.2. The van der Waals surface area contributed by atoms with Crippen molar-refractivity contribution in [3.05, 3.63) is 57.9 Å². The van der Waals surface area contributed by atoms with Crippen LogP contribution < -0.4 is 15.5 Å². The summed E-state index contributed by atoms with van der Waals surface area (Å²) in [7, 11) is 0. The van der Waals surface area contributed by atoms with E-state index in [2.05, 4.69) is 37.3 Å². The van der Waals surface area contributed by atoms with Crippen molar-refractivity contribution < 1.29 is 27.9 Å². The van der Waals surface area contributed by atoms with Crippen LogP contribution in [-0.2, 0) is 11.0 Å². The summed E-state index contributed by atoms with van der Waals surface area (Å²) in [5, 5.41) is 15.1. The molecule has 0 aliphatic carbocycles. The minimum atomic E-state index is -4.47. The number of carbonyl (C=O) groups excluding carboxylic acids is 1. The molecule has 2 atom stereocenters.